The Morgan fingerprint density at radius 1 is 1.55 bits per heavy atom. The maximum Gasteiger partial charge on any atom is 0.0289 e. The van der Waals surface area contributed by atoms with E-state index in [1.165, 1.54) is 5.56 Å². The van der Waals surface area contributed by atoms with Crippen LogP contribution in [0.2, 0.25) is 0 Å². The fourth-order valence-electron chi connectivity index (χ4n) is 0.902. The molecule has 0 aromatic heterocycles. The Morgan fingerprint density at radius 3 is 2.82 bits per heavy atom. The lowest BCUT2D eigenvalue weighted by Crippen LogP contribution is -1.93. The molecule has 0 saturated heterocycles. The van der Waals surface area contributed by atoms with Gasteiger partial charge in [-0.25, -0.2) is 0 Å². The molecule has 1 aromatic rings. The minimum absolute atomic E-state index is 0.439. The first kappa shape index (κ1) is 9.08. The lowest BCUT2D eigenvalue weighted by molar-refractivity contribution is 0.874. The third-order valence-electron chi connectivity index (χ3n) is 1.65. The second kappa shape index (κ2) is 4.13. The van der Waals surface area contributed by atoms with Gasteiger partial charge in [-0.3, -0.25) is 0 Å². The van der Waals surface area contributed by atoms with Gasteiger partial charge < -0.3 is 0 Å². The van der Waals surface area contributed by atoms with Gasteiger partial charge in [0.1, 0.15) is 0 Å². The van der Waals surface area contributed by atoms with Crippen molar-refractivity contribution < 1.29 is 0 Å². The molecule has 2 heteroatoms. The van der Waals surface area contributed by atoms with Crippen LogP contribution in [-0.2, 0) is 0 Å². The van der Waals surface area contributed by atoms with Crippen molar-refractivity contribution in [2.75, 3.05) is 5.88 Å². The van der Waals surface area contributed by atoms with Crippen LogP contribution >= 0.6 is 27.5 Å². The van der Waals surface area contributed by atoms with Crippen molar-refractivity contribution in [2.45, 2.75) is 12.8 Å². The van der Waals surface area contributed by atoms with E-state index in [9.17, 15) is 0 Å². The summed E-state index contributed by atoms with van der Waals surface area (Å²) in [5.41, 5.74) is 1.29. The Morgan fingerprint density at radius 2 is 2.27 bits per heavy atom. The monoisotopic (exact) mass is 232 g/mol. The van der Waals surface area contributed by atoms with Crippen molar-refractivity contribution in [3.05, 3.63) is 34.3 Å². The molecular weight excluding hydrogens is 223 g/mol. The minimum Gasteiger partial charge on any atom is -0.126 e. The number of benzene rings is 1. The largest absolute Gasteiger partial charge is 0.126 e. The fourth-order valence-corrected chi connectivity index (χ4v) is 1.50. The van der Waals surface area contributed by atoms with Gasteiger partial charge in [0.2, 0.25) is 0 Å². The third-order valence-corrected chi connectivity index (χ3v) is 2.61. The summed E-state index contributed by atoms with van der Waals surface area (Å²) in [7, 11) is 0. The van der Waals surface area contributed by atoms with Gasteiger partial charge in [-0.05, 0) is 23.6 Å². The molecule has 1 rings (SSSR count). The quantitative estimate of drug-likeness (QED) is 0.682. The van der Waals surface area contributed by atoms with Crippen LogP contribution in [0.5, 0.6) is 0 Å². The third kappa shape index (κ3) is 2.49. The molecule has 0 fully saturated rings. The standard InChI is InChI=1S/C9H10BrCl/c1-7(6-11)8-3-2-4-9(10)5-8/h2-5,7H,6H2,1H3. The summed E-state index contributed by atoms with van der Waals surface area (Å²) >= 11 is 9.14. The average molecular weight is 234 g/mol. The van der Waals surface area contributed by atoms with Gasteiger partial charge in [0.05, 0.1) is 0 Å². The molecule has 0 nitrogen and oxygen atoms in total. The van der Waals surface area contributed by atoms with E-state index in [1.807, 2.05) is 12.1 Å². The molecule has 1 unspecified atom stereocenters. The zero-order valence-corrected chi connectivity index (χ0v) is 8.69. The maximum atomic E-state index is 5.72. The molecular formula is C9H10BrCl. The second-order valence-electron chi connectivity index (χ2n) is 2.61. The number of halogens is 2. The summed E-state index contributed by atoms with van der Waals surface area (Å²) in [6.45, 7) is 2.12. The molecule has 0 aliphatic rings. The van der Waals surface area contributed by atoms with Gasteiger partial charge in [0, 0.05) is 10.4 Å². The Balaban J connectivity index is 2.86. The van der Waals surface area contributed by atoms with E-state index in [0.29, 0.717) is 11.8 Å². The second-order valence-corrected chi connectivity index (χ2v) is 3.83. The van der Waals surface area contributed by atoms with Crippen LogP contribution in [0.25, 0.3) is 0 Å². The average Bonchev–Trinajstić information content (AvgIpc) is 2.03. The van der Waals surface area contributed by atoms with Crippen molar-refractivity contribution in [1.29, 1.82) is 0 Å². The highest BCUT2D eigenvalue weighted by Gasteiger charge is 2.02. The maximum absolute atomic E-state index is 5.72. The number of hydrogen-bond acceptors (Lipinski definition) is 0. The zero-order chi connectivity index (χ0) is 8.27. The normalized spacial score (nSPS) is 13.0. The molecule has 0 radical (unpaired) electrons. The van der Waals surface area contributed by atoms with Crippen molar-refractivity contribution in [3.63, 3.8) is 0 Å². The van der Waals surface area contributed by atoms with Crippen LogP contribution in [0.1, 0.15) is 18.4 Å². The van der Waals surface area contributed by atoms with Crippen LogP contribution in [0, 0.1) is 0 Å². The van der Waals surface area contributed by atoms with Crippen molar-refractivity contribution in [1.82, 2.24) is 0 Å². The molecule has 0 amide bonds. The van der Waals surface area contributed by atoms with Gasteiger partial charge in [0.25, 0.3) is 0 Å². The van der Waals surface area contributed by atoms with Crippen LogP contribution < -0.4 is 0 Å². The lowest BCUT2D eigenvalue weighted by Gasteiger charge is -2.06. The summed E-state index contributed by atoms with van der Waals surface area (Å²) in [4.78, 5) is 0. The molecule has 0 saturated carbocycles. The molecule has 0 spiro atoms. The molecule has 1 aromatic carbocycles. The Labute approximate surface area is 80.7 Å². The van der Waals surface area contributed by atoms with Crippen molar-refractivity contribution >= 4 is 27.5 Å². The van der Waals surface area contributed by atoms with Gasteiger partial charge in [-0.2, -0.15) is 0 Å². The molecule has 11 heavy (non-hydrogen) atoms. The predicted molar refractivity (Wildman–Crippen MR) is 53.3 cm³/mol. The van der Waals surface area contributed by atoms with Crippen LogP contribution in [-0.4, -0.2) is 5.88 Å². The predicted octanol–water partition coefficient (Wildman–Crippen LogP) is 3.79. The number of rotatable bonds is 2. The molecule has 1 atom stereocenters. The highest BCUT2D eigenvalue weighted by molar-refractivity contribution is 9.10. The molecule has 0 aliphatic heterocycles. The number of alkyl halides is 1. The first-order valence-corrected chi connectivity index (χ1v) is 4.88. The number of hydrogen-bond donors (Lipinski definition) is 0. The summed E-state index contributed by atoms with van der Waals surface area (Å²) in [5, 5.41) is 0. The van der Waals surface area contributed by atoms with Gasteiger partial charge in [0.15, 0.2) is 0 Å². The van der Waals surface area contributed by atoms with Crippen LogP contribution in [0.15, 0.2) is 28.7 Å². The van der Waals surface area contributed by atoms with E-state index in [-0.39, 0.29) is 0 Å². The van der Waals surface area contributed by atoms with Gasteiger partial charge in [-0.15, -0.1) is 11.6 Å². The van der Waals surface area contributed by atoms with E-state index in [1.54, 1.807) is 0 Å². The summed E-state index contributed by atoms with van der Waals surface area (Å²) in [6.07, 6.45) is 0. The molecule has 0 bridgehead atoms. The van der Waals surface area contributed by atoms with Gasteiger partial charge in [-0.1, -0.05) is 35.0 Å². The smallest absolute Gasteiger partial charge is 0.0289 e. The Kier molecular flexibility index (Phi) is 3.41. The summed E-state index contributed by atoms with van der Waals surface area (Å²) < 4.78 is 1.12. The minimum atomic E-state index is 0.439. The molecule has 0 heterocycles. The lowest BCUT2D eigenvalue weighted by atomic mass is 10.0. The topological polar surface area (TPSA) is 0 Å². The first-order valence-electron chi connectivity index (χ1n) is 3.55. The first-order chi connectivity index (χ1) is 5.24. The Hall–Kier alpha value is -0.0100. The zero-order valence-electron chi connectivity index (χ0n) is 6.35. The molecule has 60 valence electrons. The van der Waals surface area contributed by atoms with Crippen molar-refractivity contribution in [2.24, 2.45) is 0 Å². The van der Waals surface area contributed by atoms with Crippen LogP contribution in [0.4, 0.5) is 0 Å². The van der Waals surface area contributed by atoms with Crippen molar-refractivity contribution in [3.8, 4) is 0 Å². The van der Waals surface area contributed by atoms with E-state index >= 15 is 0 Å². The van der Waals surface area contributed by atoms with E-state index in [2.05, 4.69) is 35.0 Å². The molecule has 0 aliphatic carbocycles. The SMILES string of the molecule is CC(CCl)c1cccc(Br)c1. The highest BCUT2D eigenvalue weighted by atomic mass is 79.9. The summed E-state index contributed by atoms with van der Waals surface area (Å²) in [6, 6.07) is 8.25. The highest BCUT2D eigenvalue weighted by Crippen LogP contribution is 2.20. The fraction of sp³-hybridized carbons (Fsp3) is 0.333. The van der Waals surface area contributed by atoms with E-state index in [4.69, 9.17) is 11.6 Å². The van der Waals surface area contributed by atoms with E-state index in [0.717, 1.165) is 4.47 Å². The summed E-state index contributed by atoms with van der Waals surface area (Å²) in [5.74, 6) is 1.12. The molecule has 0 N–H and O–H groups in total. The van der Waals surface area contributed by atoms with E-state index < -0.39 is 0 Å². The van der Waals surface area contributed by atoms with Gasteiger partial charge >= 0.3 is 0 Å². The van der Waals surface area contributed by atoms with Crippen LogP contribution in [0.3, 0.4) is 0 Å². The Bertz CT molecular complexity index is 235.